The van der Waals surface area contributed by atoms with Gasteiger partial charge in [-0.1, -0.05) is 42.5 Å². The molecule has 0 spiro atoms. The molecule has 29 heavy (non-hydrogen) atoms. The van der Waals surface area contributed by atoms with Gasteiger partial charge < -0.3 is 15.0 Å². The van der Waals surface area contributed by atoms with Crippen LogP contribution in [0.5, 0.6) is 0 Å². The molecule has 1 saturated heterocycles. The van der Waals surface area contributed by atoms with Crippen LogP contribution in [0.2, 0.25) is 0 Å². The molecule has 1 N–H and O–H groups in total. The van der Waals surface area contributed by atoms with E-state index >= 15 is 0 Å². The molecule has 2 atom stereocenters. The lowest BCUT2D eigenvalue weighted by Crippen LogP contribution is -2.33. The Morgan fingerprint density at radius 2 is 1.86 bits per heavy atom. The van der Waals surface area contributed by atoms with Gasteiger partial charge in [0, 0.05) is 18.7 Å². The van der Waals surface area contributed by atoms with Crippen molar-refractivity contribution in [1.29, 1.82) is 0 Å². The third-order valence-electron chi connectivity index (χ3n) is 5.35. The Balaban J connectivity index is 1.53. The molecule has 0 aliphatic carbocycles. The fourth-order valence-electron chi connectivity index (χ4n) is 3.49. The lowest BCUT2D eigenvalue weighted by molar-refractivity contribution is -0.152. The topological polar surface area (TPSA) is 75.7 Å². The summed E-state index contributed by atoms with van der Waals surface area (Å²) in [5.74, 6) is -1.57. The van der Waals surface area contributed by atoms with Crippen LogP contribution >= 0.6 is 0 Å². The van der Waals surface area contributed by atoms with E-state index < -0.39 is 11.9 Å². The Morgan fingerprint density at radius 1 is 1.14 bits per heavy atom. The van der Waals surface area contributed by atoms with Crippen molar-refractivity contribution >= 4 is 23.5 Å². The minimum atomic E-state index is -0.568. The van der Waals surface area contributed by atoms with Gasteiger partial charge >= 0.3 is 5.97 Å². The zero-order chi connectivity index (χ0) is 21.0. The van der Waals surface area contributed by atoms with Crippen molar-refractivity contribution in [2.45, 2.75) is 33.2 Å². The van der Waals surface area contributed by atoms with E-state index in [1.54, 1.807) is 4.90 Å². The summed E-state index contributed by atoms with van der Waals surface area (Å²) in [7, 11) is 0. The van der Waals surface area contributed by atoms with Crippen LogP contribution in [0.15, 0.2) is 48.5 Å². The number of nitrogens with one attached hydrogen (secondary N) is 1. The number of anilines is 1. The monoisotopic (exact) mass is 394 g/mol. The standard InChI is InChI=1S/C23H26N2O4/c1-15-8-7-11-20(16(15)2)25-13-19(12-22(25)27)23(28)29-14-21(26)24-17(3)18-9-5-4-6-10-18/h4-11,17,19H,12-14H2,1-3H3,(H,24,26)/t17-,19+/m0/s1. The average molecular weight is 394 g/mol. The third-order valence-corrected chi connectivity index (χ3v) is 5.35. The van der Waals surface area contributed by atoms with Gasteiger partial charge in [-0.3, -0.25) is 14.4 Å². The van der Waals surface area contributed by atoms with Crippen molar-refractivity contribution in [3.8, 4) is 0 Å². The van der Waals surface area contributed by atoms with Crippen molar-refractivity contribution in [1.82, 2.24) is 5.32 Å². The Kier molecular flexibility index (Phi) is 6.32. The SMILES string of the molecule is Cc1cccc(N2C[C@H](C(=O)OCC(=O)N[C@@H](C)c3ccccc3)CC2=O)c1C. The van der Waals surface area contributed by atoms with Gasteiger partial charge in [-0.25, -0.2) is 0 Å². The number of carbonyl (C=O) groups excluding carboxylic acids is 3. The molecule has 3 rings (SSSR count). The molecule has 0 bridgehead atoms. The second-order valence-corrected chi connectivity index (χ2v) is 7.43. The molecule has 152 valence electrons. The van der Waals surface area contributed by atoms with E-state index in [4.69, 9.17) is 4.74 Å². The largest absolute Gasteiger partial charge is 0.455 e. The van der Waals surface area contributed by atoms with Crippen LogP contribution in [0.25, 0.3) is 0 Å². The lowest BCUT2D eigenvalue weighted by Gasteiger charge is -2.20. The number of hydrogen-bond donors (Lipinski definition) is 1. The highest BCUT2D eigenvalue weighted by atomic mass is 16.5. The van der Waals surface area contributed by atoms with Crippen molar-refractivity contribution in [2.75, 3.05) is 18.1 Å². The van der Waals surface area contributed by atoms with Crippen LogP contribution in [0.3, 0.4) is 0 Å². The lowest BCUT2D eigenvalue weighted by atomic mass is 10.1. The Hall–Kier alpha value is -3.15. The highest BCUT2D eigenvalue weighted by Gasteiger charge is 2.37. The first-order valence-corrected chi connectivity index (χ1v) is 9.74. The fraction of sp³-hybridized carbons (Fsp3) is 0.348. The first-order chi connectivity index (χ1) is 13.9. The molecule has 0 unspecified atom stereocenters. The number of aryl methyl sites for hydroxylation is 1. The van der Waals surface area contributed by atoms with Crippen LogP contribution in [-0.4, -0.2) is 30.9 Å². The minimum absolute atomic E-state index is 0.0915. The molecule has 2 aromatic carbocycles. The summed E-state index contributed by atoms with van der Waals surface area (Å²) in [5, 5.41) is 2.81. The number of ether oxygens (including phenoxy) is 1. The fourth-order valence-corrected chi connectivity index (χ4v) is 3.49. The van der Waals surface area contributed by atoms with Crippen molar-refractivity contribution in [3.63, 3.8) is 0 Å². The molecule has 2 amide bonds. The third kappa shape index (κ3) is 4.83. The maximum absolute atomic E-state index is 12.4. The molecule has 1 fully saturated rings. The summed E-state index contributed by atoms with van der Waals surface area (Å²) in [4.78, 5) is 38.6. The first-order valence-electron chi connectivity index (χ1n) is 9.74. The van der Waals surface area contributed by atoms with Crippen molar-refractivity contribution < 1.29 is 19.1 Å². The van der Waals surface area contributed by atoms with E-state index in [9.17, 15) is 14.4 Å². The van der Waals surface area contributed by atoms with Gasteiger partial charge in [-0.05, 0) is 43.5 Å². The average Bonchev–Trinajstić information content (AvgIpc) is 3.10. The van der Waals surface area contributed by atoms with Gasteiger partial charge in [0.15, 0.2) is 6.61 Å². The number of carbonyl (C=O) groups is 3. The van der Waals surface area contributed by atoms with Crippen molar-refractivity contribution in [3.05, 3.63) is 65.2 Å². The number of rotatable bonds is 6. The van der Waals surface area contributed by atoms with Gasteiger partial charge in [-0.15, -0.1) is 0 Å². The number of amides is 2. The van der Waals surface area contributed by atoms with Gasteiger partial charge in [-0.2, -0.15) is 0 Å². The van der Waals surface area contributed by atoms with E-state index in [0.717, 1.165) is 22.4 Å². The maximum Gasteiger partial charge on any atom is 0.311 e. The van der Waals surface area contributed by atoms with E-state index in [1.807, 2.05) is 69.3 Å². The molecule has 6 nitrogen and oxygen atoms in total. The predicted molar refractivity (Wildman–Crippen MR) is 110 cm³/mol. The summed E-state index contributed by atoms with van der Waals surface area (Å²) < 4.78 is 5.18. The van der Waals surface area contributed by atoms with Crippen LogP contribution in [0, 0.1) is 19.8 Å². The van der Waals surface area contributed by atoms with Gasteiger partial charge in [0.05, 0.1) is 12.0 Å². The summed E-state index contributed by atoms with van der Waals surface area (Å²) >= 11 is 0. The predicted octanol–water partition coefficient (Wildman–Crippen LogP) is 3.08. The molecule has 0 saturated carbocycles. The van der Waals surface area contributed by atoms with Crippen LogP contribution in [0.1, 0.15) is 36.1 Å². The van der Waals surface area contributed by atoms with E-state index in [1.165, 1.54) is 0 Å². The second kappa shape index (κ2) is 8.90. The van der Waals surface area contributed by atoms with Crippen LogP contribution in [0.4, 0.5) is 5.69 Å². The molecule has 6 heteroatoms. The van der Waals surface area contributed by atoms with E-state index in [0.29, 0.717) is 0 Å². The van der Waals surface area contributed by atoms with Gasteiger partial charge in [0.1, 0.15) is 0 Å². The van der Waals surface area contributed by atoms with E-state index in [-0.39, 0.29) is 37.4 Å². The molecular weight excluding hydrogens is 368 g/mol. The molecule has 1 aliphatic heterocycles. The summed E-state index contributed by atoms with van der Waals surface area (Å²) in [5.41, 5.74) is 3.90. The second-order valence-electron chi connectivity index (χ2n) is 7.43. The maximum atomic E-state index is 12.4. The summed E-state index contributed by atoms with van der Waals surface area (Å²) in [6.07, 6.45) is 0.0915. The molecule has 1 aliphatic rings. The Bertz CT molecular complexity index is 910. The van der Waals surface area contributed by atoms with E-state index in [2.05, 4.69) is 5.32 Å². The quantitative estimate of drug-likeness (QED) is 0.764. The zero-order valence-corrected chi connectivity index (χ0v) is 17.0. The molecule has 0 radical (unpaired) electrons. The Morgan fingerprint density at radius 3 is 2.59 bits per heavy atom. The highest BCUT2D eigenvalue weighted by Crippen LogP contribution is 2.29. The molecule has 1 heterocycles. The summed E-state index contributed by atoms with van der Waals surface area (Å²) in [6.45, 7) is 5.73. The Labute approximate surface area is 170 Å². The summed E-state index contributed by atoms with van der Waals surface area (Å²) in [6, 6.07) is 15.1. The number of nitrogens with zero attached hydrogens (tertiary/aromatic N) is 1. The molecule has 0 aromatic heterocycles. The molecular formula is C23H26N2O4. The molecule has 2 aromatic rings. The van der Waals surface area contributed by atoms with Crippen molar-refractivity contribution in [2.24, 2.45) is 5.92 Å². The normalized spacial score (nSPS) is 17.1. The number of benzene rings is 2. The smallest absolute Gasteiger partial charge is 0.311 e. The number of hydrogen-bond acceptors (Lipinski definition) is 4. The van der Waals surface area contributed by atoms with Crippen LogP contribution in [-0.2, 0) is 19.1 Å². The number of esters is 1. The zero-order valence-electron chi connectivity index (χ0n) is 17.0. The van der Waals surface area contributed by atoms with Gasteiger partial charge in [0.25, 0.3) is 5.91 Å². The van der Waals surface area contributed by atoms with Crippen LogP contribution < -0.4 is 10.2 Å². The van der Waals surface area contributed by atoms with Gasteiger partial charge in [0.2, 0.25) is 5.91 Å². The first kappa shape index (κ1) is 20.6. The minimum Gasteiger partial charge on any atom is -0.455 e. The highest BCUT2D eigenvalue weighted by molar-refractivity contribution is 6.00.